The van der Waals surface area contributed by atoms with Crippen LogP contribution in [0.4, 0.5) is 0 Å². The lowest BCUT2D eigenvalue weighted by atomic mass is 10.3. The van der Waals surface area contributed by atoms with Crippen molar-refractivity contribution < 1.29 is 4.79 Å². The van der Waals surface area contributed by atoms with E-state index >= 15 is 0 Å². The molecule has 2 rings (SSSR count). The topological polar surface area (TPSA) is 103 Å². The molecule has 0 aliphatic carbocycles. The molecule has 0 aliphatic rings. The SMILES string of the molecule is CCn1nc(C)cc1CC#N.CCn1nc(C)cc1CC(N)=O. The van der Waals surface area contributed by atoms with Crippen LogP contribution in [0.3, 0.4) is 0 Å². The van der Waals surface area contributed by atoms with E-state index in [1.807, 2.05) is 44.5 Å². The van der Waals surface area contributed by atoms with Gasteiger partial charge < -0.3 is 5.73 Å². The van der Waals surface area contributed by atoms with Crippen molar-refractivity contribution in [2.75, 3.05) is 0 Å². The Morgan fingerprint density at radius 2 is 1.61 bits per heavy atom. The molecular formula is C16H24N6O. The number of hydrogen-bond donors (Lipinski definition) is 1. The van der Waals surface area contributed by atoms with Crippen LogP contribution in [0.25, 0.3) is 0 Å². The van der Waals surface area contributed by atoms with Gasteiger partial charge in [0.05, 0.1) is 36.0 Å². The van der Waals surface area contributed by atoms with Gasteiger partial charge >= 0.3 is 0 Å². The Kier molecular flexibility index (Phi) is 7.00. The van der Waals surface area contributed by atoms with Crippen molar-refractivity contribution in [3.05, 3.63) is 34.9 Å². The Morgan fingerprint density at radius 3 is 2.04 bits per heavy atom. The van der Waals surface area contributed by atoms with Crippen molar-refractivity contribution in [1.82, 2.24) is 19.6 Å². The molecule has 0 radical (unpaired) electrons. The van der Waals surface area contributed by atoms with E-state index in [1.54, 1.807) is 4.68 Å². The molecule has 23 heavy (non-hydrogen) atoms. The normalized spacial score (nSPS) is 9.87. The van der Waals surface area contributed by atoms with Gasteiger partial charge in [-0.15, -0.1) is 0 Å². The molecule has 124 valence electrons. The van der Waals surface area contributed by atoms with Crippen molar-refractivity contribution in [3.8, 4) is 6.07 Å². The molecule has 2 aromatic heterocycles. The van der Waals surface area contributed by atoms with E-state index in [0.717, 1.165) is 35.9 Å². The number of nitriles is 1. The van der Waals surface area contributed by atoms with Crippen LogP contribution in [0, 0.1) is 25.2 Å². The van der Waals surface area contributed by atoms with Gasteiger partial charge in [-0.1, -0.05) is 0 Å². The molecular weight excluding hydrogens is 292 g/mol. The summed E-state index contributed by atoms with van der Waals surface area (Å²) in [7, 11) is 0. The predicted octanol–water partition coefficient (Wildman–Crippen LogP) is 1.52. The van der Waals surface area contributed by atoms with Gasteiger partial charge in [-0.25, -0.2) is 0 Å². The Hall–Kier alpha value is -2.62. The summed E-state index contributed by atoms with van der Waals surface area (Å²) in [5.41, 5.74) is 8.88. The summed E-state index contributed by atoms with van der Waals surface area (Å²) < 4.78 is 3.65. The third-order valence-electron chi connectivity index (χ3n) is 3.19. The number of aromatic nitrogens is 4. The van der Waals surface area contributed by atoms with Gasteiger partial charge in [-0.2, -0.15) is 15.5 Å². The number of hydrogen-bond acceptors (Lipinski definition) is 4. The number of aryl methyl sites for hydroxylation is 4. The molecule has 0 saturated heterocycles. The number of nitrogens with zero attached hydrogens (tertiary/aromatic N) is 5. The van der Waals surface area contributed by atoms with Crippen LogP contribution < -0.4 is 5.73 Å². The standard InChI is InChI=1S/C8H13N3O.C8H11N3/c1-3-11-7(5-8(9)12)4-6(2)10-11;1-3-11-8(4-5-9)6-7(2)10-11/h4H,3,5H2,1-2H3,(H2,9,12);6H,3-4H2,1-2H3. The van der Waals surface area contributed by atoms with Crippen LogP contribution >= 0.6 is 0 Å². The molecule has 7 heteroatoms. The largest absolute Gasteiger partial charge is 0.369 e. The summed E-state index contributed by atoms with van der Waals surface area (Å²) in [6.07, 6.45) is 0.726. The average molecular weight is 316 g/mol. The third kappa shape index (κ3) is 5.58. The second-order valence-corrected chi connectivity index (χ2v) is 5.16. The number of carbonyl (C=O) groups excluding carboxylic acids is 1. The van der Waals surface area contributed by atoms with Gasteiger partial charge in [0.25, 0.3) is 0 Å². The first-order valence-corrected chi connectivity index (χ1v) is 7.63. The van der Waals surface area contributed by atoms with E-state index in [4.69, 9.17) is 11.0 Å². The van der Waals surface area contributed by atoms with Crippen molar-refractivity contribution in [1.29, 1.82) is 5.26 Å². The van der Waals surface area contributed by atoms with Crippen molar-refractivity contribution in [2.24, 2.45) is 5.73 Å². The molecule has 0 unspecified atom stereocenters. The van der Waals surface area contributed by atoms with Crippen molar-refractivity contribution in [3.63, 3.8) is 0 Å². The number of amides is 1. The zero-order chi connectivity index (χ0) is 17.4. The minimum atomic E-state index is -0.315. The molecule has 2 N–H and O–H groups in total. The second-order valence-electron chi connectivity index (χ2n) is 5.16. The van der Waals surface area contributed by atoms with Gasteiger partial charge in [-0.3, -0.25) is 14.2 Å². The maximum absolute atomic E-state index is 10.6. The third-order valence-corrected chi connectivity index (χ3v) is 3.19. The summed E-state index contributed by atoms with van der Waals surface area (Å²) in [6, 6.07) is 5.95. The molecule has 0 atom stereocenters. The van der Waals surface area contributed by atoms with Crippen molar-refractivity contribution >= 4 is 5.91 Å². The summed E-state index contributed by atoms with van der Waals surface area (Å²) in [6.45, 7) is 9.45. The minimum Gasteiger partial charge on any atom is -0.369 e. The first-order chi connectivity index (χ1) is 10.9. The van der Waals surface area contributed by atoms with E-state index in [1.165, 1.54) is 0 Å². The molecule has 0 aliphatic heterocycles. The summed E-state index contributed by atoms with van der Waals surface area (Å²) in [4.78, 5) is 10.6. The molecule has 0 spiro atoms. The average Bonchev–Trinajstić information content (AvgIpc) is 3.01. The first-order valence-electron chi connectivity index (χ1n) is 7.63. The van der Waals surface area contributed by atoms with Crippen LogP contribution in [-0.4, -0.2) is 25.5 Å². The van der Waals surface area contributed by atoms with Crippen LogP contribution in [0.5, 0.6) is 0 Å². The minimum absolute atomic E-state index is 0.272. The molecule has 0 saturated carbocycles. The van der Waals surface area contributed by atoms with Crippen LogP contribution in [0.1, 0.15) is 36.6 Å². The fourth-order valence-corrected chi connectivity index (χ4v) is 2.29. The lowest BCUT2D eigenvalue weighted by molar-refractivity contribution is -0.117. The van der Waals surface area contributed by atoms with Crippen LogP contribution in [0.2, 0.25) is 0 Å². The fraction of sp³-hybridized carbons (Fsp3) is 0.500. The number of nitrogens with two attached hydrogens (primary N) is 1. The van der Waals surface area contributed by atoms with Crippen LogP contribution in [-0.2, 0) is 30.7 Å². The highest BCUT2D eigenvalue weighted by Gasteiger charge is 2.06. The van der Waals surface area contributed by atoms with Gasteiger partial charge in [0.1, 0.15) is 0 Å². The van der Waals surface area contributed by atoms with Crippen molar-refractivity contribution in [2.45, 2.75) is 53.6 Å². The van der Waals surface area contributed by atoms with Gasteiger partial charge in [-0.05, 0) is 39.8 Å². The van der Waals surface area contributed by atoms with E-state index in [-0.39, 0.29) is 12.3 Å². The van der Waals surface area contributed by atoms with Gasteiger partial charge in [0.2, 0.25) is 5.91 Å². The summed E-state index contributed by atoms with van der Waals surface area (Å²) >= 11 is 0. The molecule has 2 heterocycles. The highest BCUT2D eigenvalue weighted by Crippen LogP contribution is 2.04. The highest BCUT2D eigenvalue weighted by molar-refractivity contribution is 5.76. The molecule has 1 amide bonds. The maximum atomic E-state index is 10.6. The molecule has 2 aromatic rings. The lowest BCUT2D eigenvalue weighted by Crippen LogP contribution is -2.16. The number of rotatable bonds is 5. The fourth-order valence-electron chi connectivity index (χ4n) is 2.29. The lowest BCUT2D eigenvalue weighted by Gasteiger charge is -2.00. The molecule has 0 bridgehead atoms. The highest BCUT2D eigenvalue weighted by atomic mass is 16.1. The monoisotopic (exact) mass is 316 g/mol. The Labute approximate surface area is 136 Å². The number of carbonyl (C=O) groups is 1. The zero-order valence-electron chi connectivity index (χ0n) is 14.2. The zero-order valence-corrected chi connectivity index (χ0v) is 14.2. The predicted molar refractivity (Wildman–Crippen MR) is 87.5 cm³/mol. The van der Waals surface area contributed by atoms with E-state index in [0.29, 0.717) is 6.42 Å². The van der Waals surface area contributed by atoms with E-state index < -0.39 is 0 Å². The Morgan fingerprint density at radius 1 is 1.13 bits per heavy atom. The van der Waals surface area contributed by atoms with E-state index in [2.05, 4.69) is 16.3 Å². The first kappa shape index (κ1) is 18.4. The smallest absolute Gasteiger partial charge is 0.223 e. The molecule has 0 fully saturated rings. The Bertz CT molecular complexity index is 692. The maximum Gasteiger partial charge on any atom is 0.223 e. The summed E-state index contributed by atoms with van der Waals surface area (Å²) in [5, 5.41) is 16.9. The molecule has 7 nitrogen and oxygen atoms in total. The summed E-state index contributed by atoms with van der Waals surface area (Å²) in [5.74, 6) is -0.315. The van der Waals surface area contributed by atoms with Crippen LogP contribution in [0.15, 0.2) is 12.1 Å². The van der Waals surface area contributed by atoms with Gasteiger partial charge in [0.15, 0.2) is 0 Å². The van der Waals surface area contributed by atoms with Gasteiger partial charge in [0, 0.05) is 18.8 Å². The molecule has 0 aromatic carbocycles. The quantitative estimate of drug-likeness (QED) is 0.903. The Balaban J connectivity index is 0.000000231. The van der Waals surface area contributed by atoms with E-state index in [9.17, 15) is 4.79 Å². The second kappa shape index (κ2) is 8.73. The number of primary amides is 1.